The summed E-state index contributed by atoms with van der Waals surface area (Å²) in [6, 6.07) is 11.2. The van der Waals surface area contributed by atoms with Crippen LogP contribution in [0.15, 0.2) is 42.6 Å². The molecule has 0 unspecified atom stereocenters. The Morgan fingerprint density at radius 3 is 2.56 bits per heavy atom. The summed E-state index contributed by atoms with van der Waals surface area (Å²) in [7, 11) is 0. The molecule has 25 heavy (non-hydrogen) atoms. The molecular formula is C18H20Cl2N4O. The molecule has 1 saturated heterocycles. The number of pyridine rings is 1. The van der Waals surface area contributed by atoms with E-state index in [1.165, 1.54) is 0 Å². The number of halogens is 2. The summed E-state index contributed by atoms with van der Waals surface area (Å²) < 4.78 is 0. The molecule has 1 N–H and O–H groups in total. The lowest BCUT2D eigenvalue weighted by Gasteiger charge is -2.35. The van der Waals surface area contributed by atoms with Crippen LogP contribution in [-0.2, 0) is 4.79 Å². The Labute approximate surface area is 157 Å². The van der Waals surface area contributed by atoms with Crippen LogP contribution in [-0.4, -0.2) is 48.5 Å². The van der Waals surface area contributed by atoms with E-state index in [9.17, 15) is 4.79 Å². The molecule has 2 heterocycles. The van der Waals surface area contributed by atoms with E-state index in [2.05, 4.69) is 15.2 Å². The zero-order valence-electron chi connectivity index (χ0n) is 13.8. The number of benzene rings is 1. The number of piperazine rings is 1. The average molecular weight is 379 g/mol. The molecule has 5 nitrogen and oxygen atoms in total. The molecule has 1 amide bonds. The van der Waals surface area contributed by atoms with Gasteiger partial charge in [0, 0.05) is 51.0 Å². The summed E-state index contributed by atoms with van der Waals surface area (Å²) in [6.45, 7) is 3.63. The number of carbonyl (C=O) groups is 1. The highest BCUT2D eigenvalue weighted by atomic mass is 35.5. The predicted octanol–water partition coefficient (Wildman–Crippen LogP) is 3.54. The van der Waals surface area contributed by atoms with Gasteiger partial charge in [-0.25, -0.2) is 4.98 Å². The molecular weight excluding hydrogens is 359 g/mol. The van der Waals surface area contributed by atoms with Crippen molar-refractivity contribution >= 4 is 40.6 Å². The maximum Gasteiger partial charge on any atom is 0.224 e. The monoisotopic (exact) mass is 378 g/mol. The Hall–Kier alpha value is -1.98. The Morgan fingerprint density at radius 2 is 1.88 bits per heavy atom. The largest absolute Gasteiger partial charge is 0.384 e. The van der Waals surface area contributed by atoms with Crippen LogP contribution in [0.5, 0.6) is 0 Å². The molecule has 7 heteroatoms. The van der Waals surface area contributed by atoms with Gasteiger partial charge in [0.2, 0.25) is 5.91 Å². The van der Waals surface area contributed by atoms with Gasteiger partial charge >= 0.3 is 0 Å². The van der Waals surface area contributed by atoms with Crippen molar-refractivity contribution in [2.24, 2.45) is 0 Å². The Balaban J connectivity index is 1.43. The number of anilines is 2. The van der Waals surface area contributed by atoms with Crippen LogP contribution < -0.4 is 10.2 Å². The molecule has 1 aromatic heterocycles. The van der Waals surface area contributed by atoms with Gasteiger partial charge < -0.3 is 15.1 Å². The van der Waals surface area contributed by atoms with Gasteiger partial charge in [-0.05, 0) is 30.3 Å². The maximum atomic E-state index is 12.4. The van der Waals surface area contributed by atoms with Crippen LogP contribution in [0.1, 0.15) is 6.42 Å². The first-order chi connectivity index (χ1) is 12.1. The zero-order valence-corrected chi connectivity index (χ0v) is 15.3. The first-order valence-electron chi connectivity index (χ1n) is 8.26. The van der Waals surface area contributed by atoms with Gasteiger partial charge in [-0.3, -0.25) is 4.79 Å². The SMILES string of the molecule is O=C(CCNc1ccc(Cl)c(Cl)c1)N1CCN(c2ccccn2)CC1. The lowest BCUT2D eigenvalue weighted by atomic mass is 10.2. The van der Waals surface area contributed by atoms with Gasteiger partial charge in [-0.15, -0.1) is 0 Å². The second-order valence-corrected chi connectivity index (χ2v) is 6.68. The van der Waals surface area contributed by atoms with E-state index in [4.69, 9.17) is 23.2 Å². The molecule has 1 aliphatic rings. The molecule has 0 spiro atoms. The minimum Gasteiger partial charge on any atom is -0.384 e. The molecule has 0 saturated carbocycles. The number of rotatable bonds is 5. The Morgan fingerprint density at radius 1 is 1.08 bits per heavy atom. The van der Waals surface area contributed by atoms with Gasteiger partial charge in [0.15, 0.2) is 0 Å². The number of hydrogen-bond donors (Lipinski definition) is 1. The van der Waals surface area contributed by atoms with E-state index in [0.717, 1.165) is 37.7 Å². The number of aromatic nitrogens is 1. The molecule has 0 aliphatic carbocycles. The highest BCUT2D eigenvalue weighted by molar-refractivity contribution is 6.42. The predicted molar refractivity (Wildman–Crippen MR) is 103 cm³/mol. The molecule has 1 fully saturated rings. The summed E-state index contributed by atoms with van der Waals surface area (Å²) in [4.78, 5) is 20.8. The molecule has 0 bridgehead atoms. The number of nitrogens with zero attached hydrogens (tertiary/aromatic N) is 3. The van der Waals surface area contributed by atoms with E-state index in [0.29, 0.717) is 23.0 Å². The molecule has 1 aliphatic heterocycles. The van der Waals surface area contributed by atoms with Gasteiger partial charge in [-0.2, -0.15) is 0 Å². The van der Waals surface area contributed by atoms with Gasteiger partial charge in [0.05, 0.1) is 10.0 Å². The number of nitrogens with one attached hydrogen (secondary N) is 1. The van der Waals surface area contributed by atoms with Crippen molar-refractivity contribution < 1.29 is 4.79 Å². The minimum absolute atomic E-state index is 0.160. The third-order valence-electron chi connectivity index (χ3n) is 4.19. The molecule has 0 radical (unpaired) electrons. The fraction of sp³-hybridized carbons (Fsp3) is 0.333. The topological polar surface area (TPSA) is 48.5 Å². The van der Waals surface area contributed by atoms with Crippen molar-refractivity contribution in [1.29, 1.82) is 0 Å². The zero-order chi connectivity index (χ0) is 17.6. The van der Waals surface area contributed by atoms with E-state index >= 15 is 0 Å². The fourth-order valence-electron chi connectivity index (χ4n) is 2.80. The van der Waals surface area contributed by atoms with Crippen LogP contribution in [0, 0.1) is 0 Å². The molecule has 2 aromatic rings. The van der Waals surface area contributed by atoms with Gasteiger partial charge in [0.25, 0.3) is 0 Å². The van der Waals surface area contributed by atoms with Crippen molar-refractivity contribution in [3.8, 4) is 0 Å². The Bertz CT molecular complexity index is 718. The lowest BCUT2D eigenvalue weighted by molar-refractivity contribution is -0.131. The van der Waals surface area contributed by atoms with Gasteiger partial charge in [0.1, 0.15) is 5.82 Å². The highest BCUT2D eigenvalue weighted by Gasteiger charge is 2.21. The van der Waals surface area contributed by atoms with Crippen LogP contribution in [0.2, 0.25) is 10.0 Å². The van der Waals surface area contributed by atoms with Crippen molar-refractivity contribution in [3.05, 3.63) is 52.6 Å². The second-order valence-electron chi connectivity index (χ2n) is 5.86. The summed E-state index contributed by atoms with van der Waals surface area (Å²) in [5.74, 6) is 1.13. The van der Waals surface area contributed by atoms with Crippen LogP contribution in [0.25, 0.3) is 0 Å². The van der Waals surface area contributed by atoms with Crippen molar-refractivity contribution in [3.63, 3.8) is 0 Å². The maximum absolute atomic E-state index is 12.4. The van der Waals surface area contributed by atoms with Crippen LogP contribution >= 0.6 is 23.2 Å². The quantitative estimate of drug-likeness (QED) is 0.864. The van der Waals surface area contributed by atoms with Crippen molar-refractivity contribution in [2.45, 2.75) is 6.42 Å². The second kappa shape index (κ2) is 8.41. The third-order valence-corrected chi connectivity index (χ3v) is 4.93. The lowest BCUT2D eigenvalue weighted by Crippen LogP contribution is -2.49. The molecule has 0 atom stereocenters. The molecule has 1 aromatic carbocycles. The number of amides is 1. The highest BCUT2D eigenvalue weighted by Crippen LogP contribution is 2.25. The van der Waals surface area contributed by atoms with Crippen molar-refractivity contribution in [1.82, 2.24) is 9.88 Å². The smallest absolute Gasteiger partial charge is 0.224 e. The average Bonchev–Trinajstić information content (AvgIpc) is 2.65. The molecule has 3 rings (SSSR count). The van der Waals surface area contributed by atoms with E-state index in [1.807, 2.05) is 29.2 Å². The van der Waals surface area contributed by atoms with Gasteiger partial charge in [-0.1, -0.05) is 29.3 Å². The van der Waals surface area contributed by atoms with E-state index < -0.39 is 0 Å². The summed E-state index contributed by atoms with van der Waals surface area (Å²) in [5, 5.41) is 4.23. The summed E-state index contributed by atoms with van der Waals surface area (Å²) >= 11 is 11.9. The van der Waals surface area contributed by atoms with E-state index in [-0.39, 0.29) is 5.91 Å². The van der Waals surface area contributed by atoms with E-state index in [1.54, 1.807) is 18.3 Å². The standard InChI is InChI=1S/C18H20Cl2N4O/c19-15-5-4-14(13-16(15)20)21-8-6-18(25)24-11-9-23(10-12-24)17-3-1-2-7-22-17/h1-5,7,13,21H,6,8-12H2. The van der Waals surface area contributed by atoms with Crippen LogP contribution in [0.4, 0.5) is 11.5 Å². The minimum atomic E-state index is 0.160. The summed E-state index contributed by atoms with van der Waals surface area (Å²) in [5.41, 5.74) is 0.863. The summed E-state index contributed by atoms with van der Waals surface area (Å²) in [6.07, 6.45) is 2.24. The molecule has 132 valence electrons. The normalized spacial score (nSPS) is 14.5. The first kappa shape index (κ1) is 17.8. The Kier molecular flexibility index (Phi) is 6.00. The van der Waals surface area contributed by atoms with Crippen LogP contribution in [0.3, 0.4) is 0 Å². The first-order valence-corrected chi connectivity index (χ1v) is 9.02. The number of carbonyl (C=O) groups excluding carboxylic acids is 1. The fourth-order valence-corrected chi connectivity index (χ4v) is 3.10. The number of hydrogen-bond acceptors (Lipinski definition) is 4. The van der Waals surface area contributed by atoms with Crippen molar-refractivity contribution in [2.75, 3.05) is 42.9 Å². The third kappa shape index (κ3) is 4.77.